The van der Waals surface area contributed by atoms with E-state index in [1.165, 1.54) is 23.9 Å². The molecular weight excluding hydrogens is 347 g/mol. The van der Waals surface area contributed by atoms with Gasteiger partial charge in [0.2, 0.25) is 0 Å². The van der Waals surface area contributed by atoms with Crippen molar-refractivity contribution in [3.8, 4) is 0 Å². The molecule has 0 radical (unpaired) electrons. The third kappa shape index (κ3) is 2.99. The Morgan fingerprint density at radius 3 is 2.83 bits per heavy atom. The van der Waals surface area contributed by atoms with Crippen LogP contribution >= 0.6 is 23.4 Å². The number of nitrogens with zero attached hydrogens (tertiary/aromatic N) is 3. The molecule has 2 aliphatic heterocycles. The Kier molecular flexibility index (Phi) is 4.16. The molecule has 0 saturated carbocycles. The normalized spacial score (nSPS) is 20.9. The standard InChI is InChI=1S/C17H14ClFN4S/c18-14-4-2-1-3-13(14)15-10-21-17-23(15)22-16(24-17)20-9-11-5-7-12(19)8-6-11/h1-8,15H,9-10H2,(H,20,22). The van der Waals surface area contributed by atoms with Crippen LogP contribution in [0.4, 0.5) is 4.39 Å². The Labute approximate surface area is 148 Å². The maximum Gasteiger partial charge on any atom is 0.186 e. The summed E-state index contributed by atoms with van der Waals surface area (Å²) < 4.78 is 12.9. The smallest absolute Gasteiger partial charge is 0.186 e. The van der Waals surface area contributed by atoms with Crippen LogP contribution in [0.2, 0.25) is 5.02 Å². The molecule has 0 aromatic heterocycles. The minimum atomic E-state index is -0.239. The molecule has 24 heavy (non-hydrogen) atoms. The molecule has 0 bridgehead atoms. The van der Waals surface area contributed by atoms with Crippen LogP contribution in [-0.2, 0) is 6.54 Å². The number of aliphatic imine (C=N–C) groups is 2. The molecular formula is C17H14ClFN4S. The summed E-state index contributed by atoms with van der Waals surface area (Å²) in [4.78, 5) is 9.11. The van der Waals surface area contributed by atoms with Crippen molar-refractivity contribution < 1.29 is 4.39 Å². The van der Waals surface area contributed by atoms with Gasteiger partial charge in [0.1, 0.15) is 5.82 Å². The van der Waals surface area contributed by atoms with E-state index in [1.54, 1.807) is 12.1 Å². The minimum absolute atomic E-state index is 0.0692. The molecule has 122 valence electrons. The summed E-state index contributed by atoms with van der Waals surface area (Å²) >= 11 is 7.82. The number of rotatable bonds is 3. The quantitative estimate of drug-likeness (QED) is 0.899. The average Bonchev–Trinajstić information content (AvgIpc) is 3.15. The zero-order chi connectivity index (χ0) is 16.5. The van der Waals surface area contributed by atoms with Gasteiger partial charge in [0.15, 0.2) is 10.3 Å². The second-order valence-corrected chi connectivity index (χ2v) is 6.86. The molecule has 1 N–H and O–H groups in total. The highest BCUT2D eigenvalue weighted by Gasteiger charge is 2.37. The lowest BCUT2D eigenvalue weighted by atomic mass is 10.1. The number of halogens is 2. The molecule has 4 rings (SSSR count). The lowest BCUT2D eigenvalue weighted by Gasteiger charge is -2.23. The summed E-state index contributed by atoms with van der Waals surface area (Å²) in [6.45, 7) is 1.16. The van der Waals surface area contributed by atoms with Gasteiger partial charge in [-0.05, 0) is 41.1 Å². The Morgan fingerprint density at radius 2 is 2.04 bits per heavy atom. The number of thioether (sulfide) groups is 1. The molecule has 1 saturated heterocycles. The number of hydrogen-bond acceptors (Lipinski definition) is 4. The molecule has 1 fully saturated rings. The van der Waals surface area contributed by atoms with E-state index in [9.17, 15) is 4.39 Å². The van der Waals surface area contributed by atoms with Gasteiger partial charge in [-0.3, -0.25) is 20.4 Å². The van der Waals surface area contributed by atoms with Crippen molar-refractivity contribution in [1.29, 1.82) is 0 Å². The van der Waals surface area contributed by atoms with Gasteiger partial charge in [0.05, 0.1) is 19.1 Å². The second-order valence-electron chi connectivity index (χ2n) is 5.49. The van der Waals surface area contributed by atoms with Crippen LogP contribution in [0.15, 0.2) is 58.5 Å². The summed E-state index contributed by atoms with van der Waals surface area (Å²) in [5, 5.41) is 4.44. The Balaban J connectivity index is 1.48. The number of hydrogen-bond donors (Lipinski definition) is 1. The van der Waals surface area contributed by atoms with Crippen LogP contribution < -0.4 is 5.43 Å². The zero-order valence-corrected chi connectivity index (χ0v) is 14.2. The highest BCUT2D eigenvalue weighted by atomic mass is 35.5. The van der Waals surface area contributed by atoms with Crippen molar-refractivity contribution in [2.45, 2.75) is 12.6 Å². The first-order valence-electron chi connectivity index (χ1n) is 7.52. The SMILES string of the molecule is Fc1ccc(CN=C2NN3C(=NCC3c3ccccc3Cl)S2)cc1. The van der Waals surface area contributed by atoms with Crippen LogP contribution in [0.25, 0.3) is 0 Å². The van der Waals surface area contributed by atoms with Crippen LogP contribution in [0.3, 0.4) is 0 Å². The number of amidine groups is 2. The molecule has 1 atom stereocenters. The molecule has 2 aromatic rings. The van der Waals surface area contributed by atoms with Gasteiger partial charge >= 0.3 is 0 Å². The largest absolute Gasteiger partial charge is 0.274 e. The van der Waals surface area contributed by atoms with E-state index in [-0.39, 0.29) is 11.9 Å². The number of nitrogens with one attached hydrogen (secondary N) is 1. The van der Waals surface area contributed by atoms with Crippen LogP contribution in [0.1, 0.15) is 17.2 Å². The summed E-state index contributed by atoms with van der Waals surface area (Å²) in [5.74, 6) is -0.239. The van der Waals surface area contributed by atoms with Gasteiger partial charge < -0.3 is 0 Å². The Bertz CT molecular complexity index is 822. The van der Waals surface area contributed by atoms with Crippen molar-refractivity contribution in [1.82, 2.24) is 10.4 Å². The van der Waals surface area contributed by atoms with Gasteiger partial charge in [-0.1, -0.05) is 41.9 Å². The minimum Gasteiger partial charge on any atom is -0.274 e. The topological polar surface area (TPSA) is 40.0 Å². The molecule has 7 heteroatoms. The lowest BCUT2D eigenvalue weighted by molar-refractivity contribution is 0.323. The highest BCUT2D eigenvalue weighted by Crippen LogP contribution is 2.35. The van der Waals surface area contributed by atoms with Gasteiger partial charge in [0.25, 0.3) is 0 Å². The maximum absolute atomic E-state index is 12.9. The average molecular weight is 361 g/mol. The van der Waals surface area contributed by atoms with Gasteiger partial charge in [0, 0.05) is 5.02 Å². The predicted molar refractivity (Wildman–Crippen MR) is 96.6 cm³/mol. The van der Waals surface area contributed by atoms with Crippen LogP contribution in [0.5, 0.6) is 0 Å². The highest BCUT2D eigenvalue weighted by molar-refractivity contribution is 8.26. The fourth-order valence-electron chi connectivity index (χ4n) is 2.68. The summed E-state index contributed by atoms with van der Waals surface area (Å²) in [5.41, 5.74) is 5.30. The van der Waals surface area contributed by atoms with Crippen LogP contribution in [0, 0.1) is 5.82 Å². The third-order valence-corrected chi connectivity index (χ3v) is 5.17. The van der Waals surface area contributed by atoms with E-state index < -0.39 is 0 Å². The molecule has 0 amide bonds. The summed E-state index contributed by atoms with van der Waals surface area (Å²) in [7, 11) is 0. The van der Waals surface area contributed by atoms with E-state index in [4.69, 9.17) is 11.6 Å². The monoisotopic (exact) mass is 360 g/mol. The Hall–Kier alpha value is -2.05. The lowest BCUT2D eigenvalue weighted by Crippen LogP contribution is -2.37. The fourth-order valence-corrected chi connectivity index (χ4v) is 3.80. The molecule has 0 spiro atoms. The van der Waals surface area contributed by atoms with Crippen molar-refractivity contribution in [3.05, 3.63) is 70.5 Å². The molecule has 4 nitrogen and oxygen atoms in total. The summed E-state index contributed by atoms with van der Waals surface area (Å²) in [6.07, 6.45) is 0. The first-order valence-corrected chi connectivity index (χ1v) is 8.71. The zero-order valence-electron chi connectivity index (χ0n) is 12.6. The van der Waals surface area contributed by atoms with Crippen molar-refractivity contribution >= 4 is 33.7 Å². The fraction of sp³-hybridized carbons (Fsp3) is 0.176. The Morgan fingerprint density at radius 1 is 1.25 bits per heavy atom. The number of hydrazine groups is 1. The predicted octanol–water partition coefficient (Wildman–Crippen LogP) is 4.00. The second kappa shape index (κ2) is 6.45. The van der Waals surface area contributed by atoms with E-state index in [0.29, 0.717) is 13.1 Å². The van der Waals surface area contributed by atoms with E-state index >= 15 is 0 Å². The molecule has 2 aromatic carbocycles. The van der Waals surface area contributed by atoms with Crippen LogP contribution in [-0.4, -0.2) is 21.9 Å². The molecule has 2 heterocycles. The van der Waals surface area contributed by atoms with Crippen molar-refractivity contribution in [2.24, 2.45) is 9.98 Å². The molecule has 0 aliphatic carbocycles. The van der Waals surface area contributed by atoms with Crippen molar-refractivity contribution in [2.75, 3.05) is 6.54 Å². The first-order chi connectivity index (χ1) is 11.7. The van der Waals surface area contributed by atoms with Gasteiger partial charge in [-0.25, -0.2) is 4.39 Å². The van der Waals surface area contributed by atoms with Gasteiger partial charge in [-0.2, -0.15) is 0 Å². The number of fused-ring (bicyclic) bond motifs is 1. The molecule has 1 unspecified atom stereocenters. The number of benzene rings is 2. The summed E-state index contributed by atoms with van der Waals surface area (Å²) in [6, 6.07) is 14.2. The van der Waals surface area contributed by atoms with E-state index in [1.807, 2.05) is 29.3 Å². The maximum atomic E-state index is 12.9. The van der Waals surface area contributed by atoms with Gasteiger partial charge in [-0.15, -0.1) is 0 Å². The molecule has 2 aliphatic rings. The third-order valence-electron chi connectivity index (χ3n) is 3.90. The van der Waals surface area contributed by atoms with Crippen molar-refractivity contribution in [3.63, 3.8) is 0 Å². The first kappa shape index (κ1) is 15.5. The van der Waals surface area contributed by atoms with E-state index in [0.717, 1.165) is 26.5 Å². The van der Waals surface area contributed by atoms with E-state index in [2.05, 4.69) is 15.4 Å².